The number of ketones is 2. The maximum absolute atomic E-state index is 15.2. The predicted molar refractivity (Wildman–Crippen MR) is 98.4 cm³/mol. The summed E-state index contributed by atoms with van der Waals surface area (Å²) < 4.78 is 15.2. The van der Waals surface area contributed by atoms with Crippen molar-refractivity contribution in [3.63, 3.8) is 0 Å². The van der Waals surface area contributed by atoms with Gasteiger partial charge in [0.2, 0.25) is 0 Å². The highest BCUT2D eigenvalue weighted by Gasteiger charge is 2.65. The fourth-order valence-corrected chi connectivity index (χ4v) is 7.49. The summed E-state index contributed by atoms with van der Waals surface area (Å²) in [7, 11) is 0. The SMILES string of the molecule is CC1CC2C3C[C@H](F)C4=CC(=O)C=CC4(C)C3C(O)CC2(C)C1C(=O)CO. The van der Waals surface area contributed by atoms with Crippen molar-refractivity contribution in [3.8, 4) is 0 Å². The van der Waals surface area contributed by atoms with Crippen molar-refractivity contribution in [2.75, 3.05) is 6.61 Å². The van der Waals surface area contributed by atoms with E-state index in [1.54, 1.807) is 6.08 Å². The fraction of sp³-hybridized carbons (Fsp3) is 0.727. The Labute approximate surface area is 159 Å². The van der Waals surface area contributed by atoms with E-state index in [4.69, 9.17) is 0 Å². The average Bonchev–Trinajstić information content (AvgIpc) is 2.85. The Morgan fingerprint density at radius 2 is 2.04 bits per heavy atom. The lowest BCUT2D eigenvalue weighted by Crippen LogP contribution is -2.58. The Bertz CT molecular complexity index is 743. The number of aliphatic hydroxyl groups is 2. The molecule has 4 rings (SSSR count). The zero-order chi connectivity index (χ0) is 19.7. The predicted octanol–water partition coefficient (Wildman–Crippen LogP) is 2.64. The topological polar surface area (TPSA) is 74.6 Å². The third-order valence-electron chi connectivity index (χ3n) is 8.32. The molecule has 9 atom stereocenters. The lowest BCUT2D eigenvalue weighted by Gasteiger charge is -2.59. The quantitative estimate of drug-likeness (QED) is 0.777. The van der Waals surface area contributed by atoms with Crippen LogP contribution in [0.1, 0.15) is 40.0 Å². The molecule has 0 spiro atoms. The molecular formula is C22H29FO4. The van der Waals surface area contributed by atoms with E-state index in [9.17, 15) is 19.8 Å². The average molecular weight is 376 g/mol. The molecule has 4 aliphatic rings. The van der Waals surface area contributed by atoms with Crippen molar-refractivity contribution in [2.24, 2.45) is 40.4 Å². The summed E-state index contributed by atoms with van der Waals surface area (Å²) >= 11 is 0. The van der Waals surface area contributed by atoms with Gasteiger partial charge in [-0.05, 0) is 60.2 Å². The van der Waals surface area contributed by atoms with E-state index in [0.29, 0.717) is 12.0 Å². The Balaban J connectivity index is 1.77. The summed E-state index contributed by atoms with van der Waals surface area (Å²) in [4.78, 5) is 24.3. The molecule has 5 heteroatoms. The normalized spacial score (nSPS) is 51.3. The molecule has 3 fully saturated rings. The summed E-state index contributed by atoms with van der Waals surface area (Å²) in [6, 6.07) is 0. The molecule has 4 nitrogen and oxygen atoms in total. The number of aliphatic hydroxyl groups excluding tert-OH is 2. The van der Waals surface area contributed by atoms with E-state index in [1.807, 2.05) is 20.8 Å². The molecule has 0 aromatic rings. The highest BCUT2D eigenvalue weighted by Crippen LogP contribution is 2.67. The number of halogens is 1. The first kappa shape index (κ1) is 19.0. The summed E-state index contributed by atoms with van der Waals surface area (Å²) in [6.45, 7) is 5.53. The number of allylic oxidation sites excluding steroid dienone is 4. The van der Waals surface area contributed by atoms with Crippen LogP contribution in [0.2, 0.25) is 0 Å². The van der Waals surface area contributed by atoms with Crippen LogP contribution in [0.5, 0.6) is 0 Å². The van der Waals surface area contributed by atoms with Crippen LogP contribution in [-0.2, 0) is 9.59 Å². The van der Waals surface area contributed by atoms with Crippen molar-refractivity contribution in [3.05, 3.63) is 23.8 Å². The fourth-order valence-electron chi connectivity index (χ4n) is 7.49. The van der Waals surface area contributed by atoms with Crippen LogP contribution >= 0.6 is 0 Å². The first-order valence-corrected chi connectivity index (χ1v) is 10.0. The first-order valence-electron chi connectivity index (χ1n) is 10.0. The van der Waals surface area contributed by atoms with Gasteiger partial charge in [-0.3, -0.25) is 9.59 Å². The number of carbonyl (C=O) groups excluding carboxylic acids is 2. The lowest BCUT2D eigenvalue weighted by molar-refractivity contribution is -0.144. The van der Waals surface area contributed by atoms with Gasteiger partial charge in [-0.25, -0.2) is 4.39 Å². The standard InChI is InChI=1S/C22H29FO4/c1-11-6-14-13-8-16(23)15-7-12(25)4-5-21(15,2)20(13)17(26)9-22(14,3)19(11)18(27)10-24/h4-5,7,11,13-14,16-17,19-20,24,26H,6,8-10H2,1-3H3/t11?,13?,14?,16-,17?,19?,20?,21?,22?/m0/s1. The van der Waals surface area contributed by atoms with Gasteiger partial charge in [0.05, 0.1) is 6.10 Å². The van der Waals surface area contributed by atoms with Crippen LogP contribution in [-0.4, -0.2) is 40.7 Å². The van der Waals surface area contributed by atoms with Gasteiger partial charge >= 0.3 is 0 Å². The van der Waals surface area contributed by atoms with Crippen LogP contribution in [0.15, 0.2) is 23.8 Å². The number of rotatable bonds is 2. The third kappa shape index (κ3) is 2.47. The molecule has 0 bridgehead atoms. The molecule has 27 heavy (non-hydrogen) atoms. The number of alkyl halides is 1. The smallest absolute Gasteiger partial charge is 0.178 e. The van der Waals surface area contributed by atoms with Crippen LogP contribution in [0, 0.1) is 40.4 Å². The highest BCUT2D eigenvalue weighted by molar-refractivity contribution is 6.01. The number of hydrogen-bond acceptors (Lipinski definition) is 4. The lowest BCUT2D eigenvalue weighted by atomic mass is 9.46. The molecule has 3 saturated carbocycles. The van der Waals surface area contributed by atoms with Gasteiger partial charge in [0.1, 0.15) is 12.8 Å². The molecule has 148 valence electrons. The minimum atomic E-state index is -1.21. The van der Waals surface area contributed by atoms with Crippen LogP contribution < -0.4 is 0 Å². The molecular weight excluding hydrogens is 347 g/mol. The van der Waals surface area contributed by atoms with E-state index >= 15 is 4.39 Å². The van der Waals surface area contributed by atoms with Gasteiger partial charge in [-0.1, -0.05) is 26.8 Å². The Morgan fingerprint density at radius 3 is 2.70 bits per heavy atom. The maximum Gasteiger partial charge on any atom is 0.178 e. The first-order chi connectivity index (χ1) is 12.6. The van der Waals surface area contributed by atoms with Gasteiger partial charge in [-0.2, -0.15) is 0 Å². The number of fused-ring (bicyclic) bond motifs is 5. The van der Waals surface area contributed by atoms with Gasteiger partial charge in [-0.15, -0.1) is 0 Å². The van der Waals surface area contributed by atoms with Crippen molar-refractivity contribution in [1.29, 1.82) is 0 Å². The molecule has 0 heterocycles. The molecule has 0 amide bonds. The molecule has 2 N–H and O–H groups in total. The van der Waals surface area contributed by atoms with Gasteiger partial charge in [0.25, 0.3) is 0 Å². The van der Waals surface area contributed by atoms with E-state index in [-0.39, 0.29) is 47.6 Å². The zero-order valence-electron chi connectivity index (χ0n) is 16.2. The molecule has 8 unspecified atom stereocenters. The van der Waals surface area contributed by atoms with Crippen molar-refractivity contribution in [2.45, 2.75) is 52.3 Å². The minimum Gasteiger partial charge on any atom is -0.393 e. The number of hydrogen-bond donors (Lipinski definition) is 2. The van der Waals surface area contributed by atoms with Crippen molar-refractivity contribution >= 4 is 11.6 Å². The summed E-state index contributed by atoms with van der Waals surface area (Å²) in [6.07, 6.45) is 4.39. The Morgan fingerprint density at radius 1 is 1.33 bits per heavy atom. The largest absolute Gasteiger partial charge is 0.393 e. The summed E-state index contributed by atoms with van der Waals surface area (Å²) in [5, 5.41) is 20.6. The Hall–Kier alpha value is -1.33. The highest BCUT2D eigenvalue weighted by atomic mass is 19.1. The molecule has 0 aromatic heterocycles. The van der Waals surface area contributed by atoms with Gasteiger partial charge in [0, 0.05) is 17.3 Å². The summed E-state index contributed by atoms with van der Waals surface area (Å²) in [5.74, 6) is -0.626. The minimum absolute atomic E-state index is 0.0484. The number of Topliss-reactive ketones (excluding diaryl/α,β-unsaturated/α-hetero) is 1. The van der Waals surface area contributed by atoms with Gasteiger partial charge < -0.3 is 10.2 Å². The van der Waals surface area contributed by atoms with Crippen LogP contribution in [0.4, 0.5) is 4.39 Å². The molecule has 0 radical (unpaired) electrons. The monoisotopic (exact) mass is 376 g/mol. The second-order valence-electron chi connectivity index (χ2n) is 9.71. The van der Waals surface area contributed by atoms with E-state index in [0.717, 1.165) is 6.42 Å². The second-order valence-corrected chi connectivity index (χ2v) is 9.71. The number of carbonyl (C=O) groups is 2. The van der Waals surface area contributed by atoms with Gasteiger partial charge in [0.15, 0.2) is 11.6 Å². The maximum atomic E-state index is 15.2. The zero-order valence-corrected chi connectivity index (χ0v) is 16.2. The summed E-state index contributed by atoms with van der Waals surface area (Å²) in [5.41, 5.74) is -0.599. The molecule has 4 aliphatic carbocycles. The second kappa shape index (κ2) is 6.08. The molecule has 0 saturated heterocycles. The molecule has 0 aliphatic heterocycles. The third-order valence-corrected chi connectivity index (χ3v) is 8.32. The van der Waals surface area contributed by atoms with Crippen molar-refractivity contribution < 1.29 is 24.2 Å². The van der Waals surface area contributed by atoms with E-state index < -0.39 is 29.7 Å². The van der Waals surface area contributed by atoms with Crippen LogP contribution in [0.25, 0.3) is 0 Å². The Kier molecular flexibility index (Phi) is 4.28. The van der Waals surface area contributed by atoms with Crippen LogP contribution in [0.3, 0.4) is 0 Å². The molecule has 0 aromatic carbocycles. The van der Waals surface area contributed by atoms with E-state index in [1.165, 1.54) is 12.2 Å². The van der Waals surface area contributed by atoms with E-state index in [2.05, 4.69) is 0 Å². The van der Waals surface area contributed by atoms with Crippen molar-refractivity contribution in [1.82, 2.24) is 0 Å².